The zero-order valence-electron chi connectivity index (χ0n) is 14.8. The van der Waals surface area contributed by atoms with E-state index in [1.165, 1.54) is 5.69 Å². The van der Waals surface area contributed by atoms with Crippen LogP contribution in [0.3, 0.4) is 0 Å². The summed E-state index contributed by atoms with van der Waals surface area (Å²) in [5, 5.41) is 3.47. The van der Waals surface area contributed by atoms with Crippen LogP contribution in [0.2, 0.25) is 0 Å². The Bertz CT molecular complexity index is 464. The van der Waals surface area contributed by atoms with Crippen LogP contribution in [0.4, 0.5) is 5.69 Å². The number of nitrogens with zero attached hydrogens (tertiary/aromatic N) is 1. The summed E-state index contributed by atoms with van der Waals surface area (Å²) in [5.41, 5.74) is 1.16. The van der Waals surface area contributed by atoms with Gasteiger partial charge in [0.15, 0.2) is 0 Å². The topological polar surface area (TPSA) is 32.3 Å². The average molecular weight is 316 g/mol. The van der Waals surface area contributed by atoms with Gasteiger partial charge in [-0.1, -0.05) is 38.5 Å². The van der Waals surface area contributed by atoms with Crippen molar-refractivity contribution in [2.24, 2.45) is 5.41 Å². The zero-order chi connectivity index (χ0) is 16.5. The molecular weight excluding hydrogens is 284 g/mol. The van der Waals surface area contributed by atoms with Crippen LogP contribution in [0.1, 0.15) is 52.4 Å². The highest BCUT2D eigenvalue weighted by molar-refractivity contribution is 5.84. The van der Waals surface area contributed by atoms with E-state index < -0.39 is 0 Å². The molecule has 1 aliphatic heterocycles. The molecule has 0 unspecified atom stereocenters. The molecule has 0 saturated carbocycles. The Labute approximate surface area is 141 Å². The Morgan fingerprint density at radius 1 is 1.13 bits per heavy atom. The SMILES string of the molecule is CCCC(=O)C1(CCC)CCN(CCNc2ccccc2)CC1. The number of nitrogens with one attached hydrogen (secondary N) is 1. The van der Waals surface area contributed by atoms with E-state index >= 15 is 0 Å². The highest BCUT2D eigenvalue weighted by atomic mass is 16.1. The molecule has 0 spiro atoms. The van der Waals surface area contributed by atoms with Crippen LogP contribution in [0.25, 0.3) is 0 Å². The molecule has 0 radical (unpaired) electrons. The molecule has 1 heterocycles. The van der Waals surface area contributed by atoms with Crippen molar-refractivity contribution < 1.29 is 4.79 Å². The summed E-state index contributed by atoms with van der Waals surface area (Å²) in [6, 6.07) is 10.4. The molecular formula is C20H32N2O. The molecule has 0 amide bonds. The fourth-order valence-electron chi connectivity index (χ4n) is 3.76. The van der Waals surface area contributed by atoms with Crippen molar-refractivity contribution in [3.8, 4) is 0 Å². The van der Waals surface area contributed by atoms with Gasteiger partial charge >= 0.3 is 0 Å². The first kappa shape index (κ1) is 18.0. The van der Waals surface area contributed by atoms with Gasteiger partial charge in [-0.05, 0) is 50.9 Å². The molecule has 1 N–H and O–H groups in total. The van der Waals surface area contributed by atoms with E-state index in [0.717, 1.165) is 64.7 Å². The molecule has 0 aliphatic carbocycles. The molecule has 1 aromatic carbocycles. The van der Waals surface area contributed by atoms with Crippen LogP contribution in [0, 0.1) is 5.41 Å². The maximum Gasteiger partial charge on any atom is 0.139 e. The Hall–Kier alpha value is -1.35. The van der Waals surface area contributed by atoms with E-state index in [9.17, 15) is 4.79 Å². The predicted molar refractivity (Wildman–Crippen MR) is 97.9 cm³/mol. The van der Waals surface area contributed by atoms with Crippen molar-refractivity contribution in [3.63, 3.8) is 0 Å². The number of para-hydroxylation sites is 1. The highest BCUT2D eigenvalue weighted by Crippen LogP contribution is 2.38. The number of rotatable bonds is 9. The van der Waals surface area contributed by atoms with Gasteiger partial charge < -0.3 is 10.2 Å². The molecule has 0 bridgehead atoms. The van der Waals surface area contributed by atoms with Crippen molar-refractivity contribution in [2.75, 3.05) is 31.5 Å². The summed E-state index contributed by atoms with van der Waals surface area (Å²) in [5.74, 6) is 0.518. The quantitative estimate of drug-likeness (QED) is 0.735. The lowest BCUT2D eigenvalue weighted by Crippen LogP contribution is -2.45. The smallest absolute Gasteiger partial charge is 0.139 e. The average Bonchev–Trinajstić information content (AvgIpc) is 2.58. The normalized spacial score (nSPS) is 17.8. The standard InChI is InChI=1S/C20H32N2O/c1-3-8-19(23)20(11-4-2)12-15-22(16-13-20)17-14-21-18-9-6-5-7-10-18/h5-7,9-10,21H,3-4,8,11-17H2,1-2H3. The monoisotopic (exact) mass is 316 g/mol. The summed E-state index contributed by atoms with van der Waals surface area (Å²) in [7, 11) is 0. The van der Waals surface area contributed by atoms with E-state index in [1.807, 2.05) is 6.07 Å². The van der Waals surface area contributed by atoms with Gasteiger partial charge in [-0.2, -0.15) is 0 Å². The Morgan fingerprint density at radius 2 is 1.83 bits per heavy atom. The fraction of sp³-hybridized carbons (Fsp3) is 0.650. The van der Waals surface area contributed by atoms with Gasteiger partial charge in [-0.15, -0.1) is 0 Å². The molecule has 128 valence electrons. The second kappa shape index (κ2) is 9.07. The number of anilines is 1. The molecule has 1 aromatic rings. The largest absolute Gasteiger partial charge is 0.384 e. The molecule has 3 nitrogen and oxygen atoms in total. The first-order chi connectivity index (χ1) is 11.2. The lowest BCUT2D eigenvalue weighted by Gasteiger charge is -2.41. The molecule has 1 aliphatic rings. The summed E-state index contributed by atoms with van der Waals surface area (Å²) < 4.78 is 0. The lowest BCUT2D eigenvalue weighted by atomic mass is 9.70. The van der Waals surface area contributed by atoms with Crippen molar-refractivity contribution in [1.29, 1.82) is 0 Å². The van der Waals surface area contributed by atoms with Gasteiger partial charge in [-0.3, -0.25) is 4.79 Å². The van der Waals surface area contributed by atoms with Gasteiger partial charge in [0, 0.05) is 30.6 Å². The maximum absolute atomic E-state index is 12.6. The van der Waals surface area contributed by atoms with Crippen LogP contribution in [-0.2, 0) is 4.79 Å². The first-order valence-corrected chi connectivity index (χ1v) is 9.25. The molecule has 1 saturated heterocycles. The Kier molecular flexibility index (Phi) is 7.10. The van der Waals surface area contributed by atoms with Crippen molar-refractivity contribution >= 4 is 11.5 Å². The minimum atomic E-state index is -0.0197. The third kappa shape index (κ3) is 5.07. The minimum absolute atomic E-state index is 0.0197. The van der Waals surface area contributed by atoms with Crippen molar-refractivity contribution in [3.05, 3.63) is 30.3 Å². The van der Waals surface area contributed by atoms with Gasteiger partial charge in [0.2, 0.25) is 0 Å². The van der Waals surface area contributed by atoms with E-state index in [-0.39, 0.29) is 5.41 Å². The second-order valence-corrected chi connectivity index (χ2v) is 6.84. The minimum Gasteiger partial charge on any atom is -0.384 e. The van der Waals surface area contributed by atoms with Crippen molar-refractivity contribution in [2.45, 2.75) is 52.4 Å². The summed E-state index contributed by atoms with van der Waals surface area (Å²) in [6.45, 7) is 8.46. The number of piperidine rings is 1. The van der Waals surface area contributed by atoms with Crippen LogP contribution in [0.15, 0.2) is 30.3 Å². The summed E-state index contributed by atoms with van der Waals surface area (Å²) in [6.07, 6.45) is 6.02. The summed E-state index contributed by atoms with van der Waals surface area (Å²) in [4.78, 5) is 15.1. The molecule has 23 heavy (non-hydrogen) atoms. The third-order valence-corrected chi connectivity index (χ3v) is 5.14. The van der Waals surface area contributed by atoms with E-state index in [2.05, 4.69) is 48.3 Å². The number of likely N-dealkylation sites (tertiary alicyclic amines) is 1. The molecule has 2 rings (SSSR count). The number of Topliss-reactive ketones (excluding diaryl/α,β-unsaturated/α-hetero) is 1. The number of hydrogen-bond donors (Lipinski definition) is 1. The van der Waals surface area contributed by atoms with Crippen LogP contribution in [-0.4, -0.2) is 36.9 Å². The Balaban J connectivity index is 1.78. The zero-order valence-corrected chi connectivity index (χ0v) is 14.8. The van der Waals surface area contributed by atoms with Gasteiger partial charge in [0.1, 0.15) is 5.78 Å². The first-order valence-electron chi connectivity index (χ1n) is 9.25. The van der Waals surface area contributed by atoms with Gasteiger partial charge in [0.25, 0.3) is 0 Å². The predicted octanol–water partition coefficient (Wildman–Crippen LogP) is 4.35. The number of carbonyl (C=O) groups excluding carboxylic acids is 1. The Morgan fingerprint density at radius 3 is 2.43 bits per heavy atom. The second-order valence-electron chi connectivity index (χ2n) is 6.84. The summed E-state index contributed by atoms with van der Waals surface area (Å²) >= 11 is 0. The number of benzene rings is 1. The van der Waals surface area contributed by atoms with E-state index in [0.29, 0.717) is 5.78 Å². The number of hydrogen-bond acceptors (Lipinski definition) is 3. The van der Waals surface area contributed by atoms with Crippen molar-refractivity contribution in [1.82, 2.24) is 4.90 Å². The molecule has 1 fully saturated rings. The van der Waals surface area contributed by atoms with Crippen LogP contribution >= 0.6 is 0 Å². The fourth-order valence-corrected chi connectivity index (χ4v) is 3.76. The van der Waals surface area contributed by atoms with Crippen LogP contribution < -0.4 is 5.32 Å². The molecule has 0 atom stereocenters. The molecule has 0 aromatic heterocycles. The van der Waals surface area contributed by atoms with E-state index in [4.69, 9.17) is 0 Å². The van der Waals surface area contributed by atoms with E-state index in [1.54, 1.807) is 0 Å². The van der Waals surface area contributed by atoms with Crippen LogP contribution in [0.5, 0.6) is 0 Å². The maximum atomic E-state index is 12.6. The molecule has 3 heteroatoms. The third-order valence-electron chi connectivity index (χ3n) is 5.14. The lowest BCUT2D eigenvalue weighted by molar-refractivity contribution is -0.132. The highest BCUT2D eigenvalue weighted by Gasteiger charge is 2.39. The number of carbonyl (C=O) groups is 1. The van der Waals surface area contributed by atoms with Gasteiger partial charge in [-0.25, -0.2) is 0 Å². The number of ketones is 1. The van der Waals surface area contributed by atoms with Gasteiger partial charge in [0.05, 0.1) is 0 Å².